The van der Waals surface area contributed by atoms with Crippen molar-refractivity contribution in [3.8, 4) is 5.75 Å². The van der Waals surface area contributed by atoms with Gasteiger partial charge in [0.1, 0.15) is 0 Å². The molecule has 0 saturated heterocycles. The zero-order valence-electron chi connectivity index (χ0n) is 11.6. The van der Waals surface area contributed by atoms with Crippen LogP contribution in [0.5, 0.6) is 5.75 Å². The molecule has 0 radical (unpaired) electrons. The summed E-state index contributed by atoms with van der Waals surface area (Å²) in [6.45, 7) is 0.291. The molecule has 0 bridgehead atoms. The van der Waals surface area contributed by atoms with Crippen LogP contribution in [0, 0.1) is 0 Å². The minimum absolute atomic E-state index is 0.00521. The van der Waals surface area contributed by atoms with Crippen LogP contribution in [0.4, 0.5) is 0 Å². The number of carbonyl (C=O) groups is 2. The highest BCUT2D eigenvalue weighted by Gasteiger charge is 2.19. The fourth-order valence-corrected chi connectivity index (χ4v) is 2.05. The molecule has 2 N–H and O–H groups in total. The first-order valence-corrected chi connectivity index (χ1v) is 6.54. The van der Waals surface area contributed by atoms with E-state index in [9.17, 15) is 14.7 Å². The van der Waals surface area contributed by atoms with Crippen LogP contribution >= 0.6 is 0 Å². The van der Waals surface area contributed by atoms with Crippen LogP contribution in [0.25, 0.3) is 10.8 Å². The number of carboxylic acids is 1. The molecule has 0 fully saturated rings. The fourth-order valence-electron chi connectivity index (χ4n) is 2.05. The molecule has 0 aliphatic carbocycles. The second-order valence-electron chi connectivity index (χ2n) is 4.77. The van der Waals surface area contributed by atoms with Crippen LogP contribution in [0.15, 0.2) is 30.5 Å². The van der Waals surface area contributed by atoms with E-state index in [2.05, 4.69) is 4.98 Å². The third-order valence-corrected chi connectivity index (χ3v) is 3.21. The molecule has 0 aliphatic rings. The van der Waals surface area contributed by atoms with Gasteiger partial charge in [-0.3, -0.25) is 9.59 Å². The number of aliphatic carboxylic acids is 1. The molecular formula is C15H16N2O4. The third-order valence-electron chi connectivity index (χ3n) is 3.21. The maximum absolute atomic E-state index is 12.2. The van der Waals surface area contributed by atoms with Gasteiger partial charge in [0.2, 0.25) is 0 Å². The van der Waals surface area contributed by atoms with Crippen molar-refractivity contribution in [3.05, 3.63) is 36.2 Å². The normalized spacial score (nSPS) is 10.5. The van der Waals surface area contributed by atoms with E-state index in [1.807, 2.05) is 6.07 Å². The van der Waals surface area contributed by atoms with Crippen molar-refractivity contribution in [1.29, 1.82) is 0 Å². The first kappa shape index (κ1) is 14.8. The zero-order valence-corrected chi connectivity index (χ0v) is 11.6. The van der Waals surface area contributed by atoms with Gasteiger partial charge in [-0.2, -0.15) is 0 Å². The lowest BCUT2D eigenvalue weighted by Crippen LogP contribution is -2.28. The van der Waals surface area contributed by atoms with Gasteiger partial charge >= 0.3 is 5.97 Å². The molecule has 0 aliphatic heterocycles. The van der Waals surface area contributed by atoms with Gasteiger partial charge in [-0.15, -0.1) is 0 Å². The number of amides is 1. The van der Waals surface area contributed by atoms with E-state index in [1.165, 1.54) is 11.1 Å². The molecule has 21 heavy (non-hydrogen) atoms. The van der Waals surface area contributed by atoms with E-state index in [1.54, 1.807) is 25.2 Å². The van der Waals surface area contributed by atoms with Crippen molar-refractivity contribution in [2.45, 2.75) is 12.8 Å². The predicted octanol–water partition coefficient (Wildman–Crippen LogP) is 1.88. The molecule has 110 valence electrons. The molecule has 1 amide bonds. The van der Waals surface area contributed by atoms with Gasteiger partial charge in [0, 0.05) is 37.0 Å². The summed E-state index contributed by atoms with van der Waals surface area (Å²) in [5.74, 6) is -1.48. The first-order chi connectivity index (χ1) is 10.0. The number of benzene rings is 1. The minimum Gasteiger partial charge on any atom is -0.505 e. The van der Waals surface area contributed by atoms with E-state index in [0.717, 1.165) is 5.39 Å². The van der Waals surface area contributed by atoms with E-state index < -0.39 is 11.9 Å². The SMILES string of the molecule is CN(CCCC(=O)O)C(=O)c1ncc2ccccc2c1O. The van der Waals surface area contributed by atoms with Crippen molar-refractivity contribution in [1.82, 2.24) is 9.88 Å². The number of aromatic nitrogens is 1. The number of hydrogen-bond donors (Lipinski definition) is 2. The summed E-state index contributed by atoms with van der Waals surface area (Å²) >= 11 is 0. The summed E-state index contributed by atoms with van der Waals surface area (Å²) in [7, 11) is 1.56. The first-order valence-electron chi connectivity index (χ1n) is 6.54. The Morgan fingerprint density at radius 2 is 2.00 bits per heavy atom. The van der Waals surface area contributed by atoms with Gasteiger partial charge in [0.05, 0.1) is 0 Å². The van der Waals surface area contributed by atoms with E-state index in [4.69, 9.17) is 5.11 Å². The van der Waals surface area contributed by atoms with Crippen molar-refractivity contribution < 1.29 is 19.8 Å². The zero-order chi connectivity index (χ0) is 15.4. The van der Waals surface area contributed by atoms with Gasteiger partial charge in [-0.05, 0) is 6.42 Å². The lowest BCUT2D eigenvalue weighted by atomic mass is 10.1. The summed E-state index contributed by atoms with van der Waals surface area (Å²) in [4.78, 5) is 28.1. The predicted molar refractivity (Wildman–Crippen MR) is 77.2 cm³/mol. The van der Waals surface area contributed by atoms with Crippen LogP contribution in [0.3, 0.4) is 0 Å². The lowest BCUT2D eigenvalue weighted by molar-refractivity contribution is -0.137. The number of carboxylic acid groups (broad SMARTS) is 1. The monoisotopic (exact) mass is 288 g/mol. The summed E-state index contributed by atoms with van der Waals surface area (Å²) < 4.78 is 0. The Labute approximate surface area is 121 Å². The minimum atomic E-state index is -0.900. The number of carbonyl (C=O) groups excluding carboxylic acids is 1. The summed E-state index contributed by atoms with van der Waals surface area (Å²) in [5, 5.41) is 20.1. The average molecular weight is 288 g/mol. The molecule has 6 nitrogen and oxygen atoms in total. The number of fused-ring (bicyclic) bond motifs is 1. The number of nitrogens with zero attached hydrogens (tertiary/aromatic N) is 2. The number of hydrogen-bond acceptors (Lipinski definition) is 4. The number of aromatic hydroxyl groups is 1. The molecular weight excluding hydrogens is 272 g/mol. The largest absolute Gasteiger partial charge is 0.505 e. The Hall–Kier alpha value is -2.63. The van der Waals surface area contributed by atoms with Gasteiger partial charge < -0.3 is 15.1 Å². The third kappa shape index (κ3) is 3.28. The van der Waals surface area contributed by atoms with Crippen LogP contribution < -0.4 is 0 Å². The Balaban J connectivity index is 2.19. The molecule has 1 aromatic carbocycles. The Morgan fingerprint density at radius 3 is 2.71 bits per heavy atom. The topological polar surface area (TPSA) is 90.7 Å². The second kappa shape index (κ2) is 6.21. The van der Waals surface area contributed by atoms with E-state index >= 15 is 0 Å². The molecule has 6 heteroatoms. The number of pyridine rings is 1. The quantitative estimate of drug-likeness (QED) is 0.876. The number of rotatable bonds is 5. The Morgan fingerprint density at radius 1 is 1.29 bits per heavy atom. The molecule has 0 spiro atoms. The maximum atomic E-state index is 12.2. The van der Waals surface area contributed by atoms with Gasteiger partial charge in [0.25, 0.3) is 5.91 Å². The molecule has 2 rings (SSSR count). The Bertz CT molecular complexity index is 684. The molecule has 0 atom stereocenters. The lowest BCUT2D eigenvalue weighted by Gasteiger charge is -2.17. The highest BCUT2D eigenvalue weighted by atomic mass is 16.4. The van der Waals surface area contributed by atoms with Crippen molar-refractivity contribution in [2.24, 2.45) is 0 Å². The fraction of sp³-hybridized carbons (Fsp3) is 0.267. The van der Waals surface area contributed by atoms with Crippen LogP contribution in [0.2, 0.25) is 0 Å². The molecule has 1 heterocycles. The van der Waals surface area contributed by atoms with Crippen molar-refractivity contribution in [3.63, 3.8) is 0 Å². The van der Waals surface area contributed by atoms with Crippen LogP contribution in [-0.4, -0.2) is 45.6 Å². The van der Waals surface area contributed by atoms with Crippen LogP contribution in [0.1, 0.15) is 23.3 Å². The highest BCUT2D eigenvalue weighted by molar-refractivity contribution is 6.01. The average Bonchev–Trinajstić information content (AvgIpc) is 2.47. The van der Waals surface area contributed by atoms with E-state index in [-0.39, 0.29) is 17.9 Å². The molecule has 0 unspecified atom stereocenters. The van der Waals surface area contributed by atoms with Crippen molar-refractivity contribution >= 4 is 22.6 Å². The van der Waals surface area contributed by atoms with E-state index in [0.29, 0.717) is 18.4 Å². The Kier molecular flexibility index (Phi) is 4.37. The highest BCUT2D eigenvalue weighted by Crippen LogP contribution is 2.27. The molecule has 0 saturated carbocycles. The summed E-state index contributed by atoms with van der Waals surface area (Å²) in [6.07, 6.45) is 1.88. The van der Waals surface area contributed by atoms with Gasteiger partial charge in [-0.25, -0.2) is 4.98 Å². The molecule has 1 aromatic heterocycles. The van der Waals surface area contributed by atoms with Gasteiger partial charge in [0.15, 0.2) is 11.4 Å². The maximum Gasteiger partial charge on any atom is 0.303 e. The van der Waals surface area contributed by atoms with Gasteiger partial charge in [-0.1, -0.05) is 24.3 Å². The standard InChI is InChI=1S/C15H16N2O4/c1-17(8-4-7-12(18)19)15(21)13-14(20)11-6-3-2-5-10(11)9-16-13/h2-3,5-6,9,20H,4,7-8H2,1H3,(H,18,19). The summed E-state index contributed by atoms with van der Waals surface area (Å²) in [5.41, 5.74) is -0.0217. The summed E-state index contributed by atoms with van der Waals surface area (Å²) in [6, 6.07) is 7.11. The molecule has 2 aromatic rings. The second-order valence-corrected chi connectivity index (χ2v) is 4.77. The smallest absolute Gasteiger partial charge is 0.303 e. The van der Waals surface area contributed by atoms with Crippen molar-refractivity contribution in [2.75, 3.05) is 13.6 Å². The van der Waals surface area contributed by atoms with Crippen LogP contribution in [-0.2, 0) is 4.79 Å².